The number of amides is 1. The standard InChI is InChI=1S/C11H20N2OS/c1-8-6-15-7-11(8,10(12)14)13-9-4-2-3-5-9/h8-9,13H,2-7H2,1H3,(H2,12,14). The number of nitrogens with one attached hydrogen (secondary N) is 1. The molecule has 1 saturated heterocycles. The fourth-order valence-electron chi connectivity index (χ4n) is 2.68. The zero-order valence-electron chi connectivity index (χ0n) is 9.29. The Kier molecular flexibility index (Phi) is 3.26. The van der Waals surface area contributed by atoms with E-state index in [4.69, 9.17) is 5.73 Å². The third kappa shape index (κ3) is 2.02. The van der Waals surface area contributed by atoms with Crippen molar-refractivity contribution in [2.24, 2.45) is 11.7 Å². The Morgan fingerprint density at radius 2 is 2.13 bits per heavy atom. The molecule has 0 aromatic rings. The van der Waals surface area contributed by atoms with Crippen molar-refractivity contribution < 1.29 is 4.79 Å². The van der Waals surface area contributed by atoms with E-state index < -0.39 is 5.54 Å². The van der Waals surface area contributed by atoms with Gasteiger partial charge in [-0.25, -0.2) is 0 Å². The van der Waals surface area contributed by atoms with E-state index in [0.29, 0.717) is 12.0 Å². The predicted molar refractivity (Wildman–Crippen MR) is 63.8 cm³/mol. The first-order valence-corrected chi connectivity index (χ1v) is 6.96. The quantitative estimate of drug-likeness (QED) is 0.761. The van der Waals surface area contributed by atoms with Gasteiger partial charge < -0.3 is 5.73 Å². The molecule has 3 N–H and O–H groups in total. The summed E-state index contributed by atoms with van der Waals surface area (Å²) < 4.78 is 0. The van der Waals surface area contributed by atoms with E-state index in [1.165, 1.54) is 25.7 Å². The van der Waals surface area contributed by atoms with Crippen LogP contribution in [0, 0.1) is 5.92 Å². The van der Waals surface area contributed by atoms with Crippen LogP contribution in [0.5, 0.6) is 0 Å². The lowest BCUT2D eigenvalue weighted by atomic mass is 9.86. The van der Waals surface area contributed by atoms with E-state index in [1.807, 2.05) is 11.8 Å². The minimum atomic E-state index is -0.431. The van der Waals surface area contributed by atoms with Gasteiger partial charge in [0.1, 0.15) is 5.54 Å². The van der Waals surface area contributed by atoms with Crippen molar-refractivity contribution >= 4 is 17.7 Å². The van der Waals surface area contributed by atoms with Gasteiger partial charge in [0.05, 0.1) is 0 Å². The topological polar surface area (TPSA) is 55.1 Å². The summed E-state index contributed by atoms with van der Waals surface area (Å²) in [5, 5.41) is 3.55. The monoisotopic (exact) mass is 228 g/mol. The molecule has 1 amide bonds. The highest BCUT2D eigenvalue weighted by Crippen LogP contribution is 2.35. The van der Waals surface area contributed by atoms with Crippen molar-refractivity contribution in [2.75, 3.05) is 11.5 Å². The van der Waals surface area contributed by atoms with Crippen LogP contribution in [0.3, 0.4) is 0 Å². The molecule has 0 bridgehead atoms. The lowest BCUT2D eigenvalue weighted by Crippen LogP contribution is -2.62. The molecule has 1 heterocycles. The highest BCUT2D eigenvalue weighted by Gasteiger charge is 2.47. The number of hydrogen-bond donors (Lipinski definition) is 2. The predicted octanol–water partition coefficient (Wildman–Crippen LogP) is 1.13. The van der Waals surface area contributed by atoms with Crippen molar-refractivity contribution in [3.8, 4) is 0 Å². The molecule has 1 aliphatic heterocycles. The van der Waals surface area contributed by atoms with Crippen LogP contribution >= 0.6 is 11.8 Å². The van der Waals surface area contributed by atoms with Crippen molar-refractivity contribution in [1.82, 2.24) is 5.32 Å². The number of nitrogens with two attached hydrogens (primary N) is 1. The van der Waals surface area contributed by atoms with Crippen LogP contribution in [0.15, 0.2) is 0 Å². The summed E-state index contributed by atoms with van der Waals surface area (Å²) in [7, 11) is 0. The van der Waals surface area contributed by atoms with Gasteiger partial charge in [0.15, 0.2) is 0 Å². The molecule has 2 fully saturated rings. The van der Waals surface area contributed by atoms with E-state index in [2.05, 4.69) is 12.2 Å². The molecule has 2 unspecified atom stereocenters. The molecule has 0 aromatic heterocycles. The molecular formula is C11H20N2OS. The molecular weight excluding hydrogens is 208 g/mol. The van der Waals surface area contributed by atoms with E-state index >= 15 is 0 Å². The van der Waals surface area contributed by atoms with Crippen LogP contribution in [-0.4, -0.2) is 29.0 Å². The summed E-state index contributed by atoms with van der Waals surface area (Å²) in [4.78, 5) is 11.7. The van der Waals surface area contributed by atoms with Crippen LogP contribution in [-0.2, 0) is 4.79 Å². The molecule has 2 aliphatic rings. The summed E-state index contributed by atoms with van der Waals surface area (Å²) in [6.45, 7) is 2.13. The van der Waals surface area contributed by atoms with Crippen LogP contribution in [0.2, 0.25) is 0 Å². The molecule has 2 atom stereocenters. The van der Waals surface area contributed by atoms with Crippen LogP contribution in [0.4, 0.5) is 0 Å². The maximum absolute atomic E-state index is 11.7. The minimum absolute atomic E-state index is 0.160. The van der Waals surface area contributed by atoms with Crippen molar-refractivity contribution in [1.29, 1.82) is 0 Å². The maximum Gasteiger partial charge on any atom is 0.238 e. The summed E-state index contributed by atoms with van der Waals surface area (Å²) in [5.41, 5.74) is 5.16. The Bertz CT molecular complexity index is 253. The molecule has 2 rings (SSSR count). The Labute approximate surface area is 95.6 Å². The molecule has 4 heteroatoms. The van der Waals surface area contributed by atoms with E-state index in [9.17, 15) is 4.79 Å². The first-order chi connectivity index (χ1) is 7.15. The number of rotatable bonds is 3. The van der Waals surface area contributed by atoms with Gasteiger partial charge in [-0.15, -0.1) is 0 Å². The Hall–Kier alpha value is -0.220. The van der Waals surface area contributed by atoms with Gasteiger partial charge in [-0.1, -0.05) is 19.8 Å². The highest BCUT2D eigenvalue weighted by atomic mass is 32.2. The van der Waals surface area contributed by atoms with Crippen molar-refractivity contribution in [2.45, 2.75) is 44.2 Å². The number of carbonyl (C=O) groups excluding carboxylic acids is 1. The zero-order valence-corrected chi connectivity index (χ0v) is 10.1. The molecule has 1 saturated carbocycles. The average Bonchev–Trinajstić information content (AvgIpc) is 2.78. The normalized spacial score (nSPS) is 37.3. The largest absolute Gasteiger partial charge is 0.368 e. The van der Waals surface area contributed by atoms with Crippen molar-refractivity contribution in [3.05, 3.63) is 0 Å². The van der Waals surface area contributed by atoms with Gasteiger partial charge in [-0.2, -0.15) is 11.8 Å². The lowest BCUT2D eigenvalue weighted by molar-refractivity contribution is -0.125. The van der Waals surface area contributed by atoms with Gasteiger partial charge in [-0.05, 0) is 24.5 Å². The summed E-state index contributed by atoms with van der Waals surface area (Å²) in [6, 6.07) is 0.513. The van der Waals surface area contributed by atoms with Crippen LogP contribution in [0.25, 0.3) is 0 Å². The zero-order chi connectivity index (χ0) is 10.9. The molecule has 0 aromatic carbocycles. The second-order valence-corrected chi connectivity index (χ2v) is 5.91. The van der Waals surface area contributed by atoms with Crippen LogP contribution in [0.1, 0.15) is 32.6 Å². The van der Waals surface area contributed by atoms with Crippen LogP contribution < -0.4 is 11.1 Å². The molecule has 86 valence electrons. The minimum Gasteiger partial charge on any atom is -0.368 e. The summed E-state index contributed by atoms with van der Waals surface area (Å²) in [5.74, 6) is 2.09. The second-order valence-electron chi connectivity index (χ2n) is 4.88. The molecule has 0 spiro atoms. The third-order valence-corrected chi connectivity index (χ3v) is 5.19. The number of primary amides is 1. The number of hydrogen-bond acceptors (Lipinski definition) is 3. The maximum atomic E-state index is 11.7. The Balaban J connectivity index is 2.08. The Morgan fingerprint density at radius 3 is 2.60 bits per heavy atom. The average molecular weight is 228 g/mol. The summed E-state index contributed by atoms with van der Waals surface area (Å²) >= 11 is 1.84. The summed E-state index contributed by atoms with van der Waals surface area (Å²) in [6.07, 6.45) is 4.97. The highest BCUT2D eigenvalue weighted by molar-refractivity contribution is 7.99. The van der Waals surface area contributed by atoms with Crippen molar-refractivity contribution in [3.63, 3.8) is 0 Å². The van der Waals surface area contributed by atoms with E-state index in [1.54, 1.807) is 0 Å². The molecule has 15 heavy (non-hydrogen) atoms. The third-order valence-electron chi connectivity index (χ3n) is 3.80. The fraction of sp³-hybridized carbons (Fsp3) is 0.909. The van der Waals surface area contributed by atoms with Gasteiger partial charge >= 0.3 is 0 Å². The number of carbonyl (C=O) groups is 1. The van der Waals surface area contributed by atoms with Gasteiger partial charge in [0.25, 0.3) is 0 Å². The molecule has 3 nitrogen and oxygen atoms in total. The number of thioether (sulfide) groups is 1. The molecule has 0 radical (unpaired) electrons. The van der Waals surface area contributed by atoms with Gasteiger partial charge in [0.2, 0.25) is 5.91 Å². The van der Waals surface area contributed by atoms with Gasteiger partial charge in [-0.3, -0.25) is 10.1 Å². The lowest BCUT2D eigenvalue weighted by Gasteiger charge is -2.33. The first-order valence-electron chi connectivity index (χ1n) is 5.80. The van der Waals surface area contributed by atoms with Gasteiger partial charge in [0, 0.05) is 11.8 Å². The second kappa shape index (κ2) is 4.34. The smallest absolute Gasteiger partial charge is 0.238 e. The molecule has 1 aliphatic carbocycles. The first kappa shape index (κ1) is 11.3. The SMILES string of the molecule is CC1CSCC1(NC1CCCC1)C(N)=O. The van der Waals surface area contributed by atoms with E-state index in [0.717, 1.165) is 11.5 Å². The Morgan fingerprint density at radius 1 is 1.47 bits per heavy atom. The fourth-order valence-corrected chi connectivity index (χ4v) is 4.27. The van der Waals surface area contributed by atoms with E-state index in [-0.39, 0.29) is 5.91 Å².